The van der Waals surface area contributed by atoms with E-state index in [4.69, 9.17) is 19.4 Å². The van der Waals surface area contributed by atoms with Gasteiger partial charge in [-0.05, 0) is 56.0 Å². The topological polar surface area (TPSA) is 59.5 Å². The van der Waals surface area contributed by atoms with Crippen molar-refractivity contribution in [2.24, 2.45) is 0 Å². The fourth-order valence-electron chi connectivity index (χ4n) is 5.18. The maximum atomic E-state index is 5.93. The lowest BCUT2D eigenvalue weighted by Gasteiger charge is -2.32. The molecule has 3 heterocycles. The maximum absolute atomic E-state index is 5.93. The monoisotopic (exact) mass is 480 g/mol. The zero-order valence-electron chi connectivity index (χ0n) is 21.0. The van der Waals surface area contributed by atoms with E-state index in [2.05, 4.69) is 72.6 Å². The van der Waals surface area contributed by atoms with Gasteiger partial charge in [0.15, 0.2) is 11.5 Å². The zero-order chi connectivity index (χ0) is 24.5. The second kappa shape index (κ2) is 9.78. The number of ether oxygens (including phenoxy) is 2. The number of para-hydroxylation sites is 1. The number of hydrogen-bond donors (Lipinski definition) is 1. The van der Waals surface area contributed by atoms with Crippen molar-refractivity contribution in [2.45, 2.75) is 39.3 Å². The van der Waals surface area contributed by atoms with Crippen LogP contribution in [0.5, 0.6) is 11.5 Å². The van der Waals surface area contributed by atoms with Gasteiger partial charge in [0, 0.05) is 36.6 Å². The normalized spacial score (nSPS) is 16.3. The number of rotatable bonds is 5. The number of nitrogens with zero attached hydrogens (tertiary/aromatic N) is 3. The molecule has 6 rings (SSSR count). The lowest BCUT2D eigenvalue weighted by molar-refractivity contribution is 0.172. The Morgan fingerprint density at radius 2 is 1.72 bits per heavy atom. The lowest BCUT2D eigenvalue weighted by Crippen LogP contribution is -2.39. The summed E-state index contributed by atoms with van der Waals surface area (Å²) in [6.45, 7) is 8.52. The minimum absolute atomic E-state index is 0.392. The summed E-state index contributed by atoms with van der Waals surface area (Å²) in [5.41, 5.74) is 6.74. The van der Waals surface area contributed by atoms with Crippen LogP contribution in [0.25, 0.3) is 22.0 Å². The Hall–Kier alpha value is -3.64. The van der Waals surface area contributed by atoms with Crippen LogP contribution in [0.4, 0.5) is 5.95 Å². The highest BCUT2D eigenvalue weighted by Crippen LogP contribution is 2.40. The highest BCUT2D eigenvalue weighted by molar-refractivity contribution is 5.88. The van der Waals surface area contributed by atoms with E-state index >= 15 is 0 Å². The van der Waals surface area contributed by atoms with Gasteiger partial charge in [0.25, 0.3) is 0 Å². The van der Waals surface area contributed by atoms with Crippen LogP contribution in [0.15, 0.2) is 60.7 Å². The fraction of sp³-hybridized carbons (Fsp3) is 0.333. The Balaban J connectivity index is 1.15. The first-order valence-corrected chi connectivity index (χ1v) is 12.8. The standard InChI is InChI=1S/C30H32N4O2/c1-20-6-8-22(9-7-20)19-34-14-12-24(13-15-34)32-30-31-21(2)26-18-23(10-11-27(26)33-30)25-4-3-5-28-29(25)36-17-16-35-28/h3-11,18,24H,12-17,19H2,1-2H3,(H,31,32,33). The van der Waals surface area contributed by atoms with Crippen LogP contribution in [0.3, 0.4) is 0 Å². The summed E-state index contributed by atoms with van der Waals surface area (Å²) < 4.78 is 11.7. The van der Waals surface area contributed by atoms with Gasteiger partial charge in [-0.15, -0.1) is 0 Å². The Labute approximate surface area is 212 Å². The molecule has 0 atom stereocenters. The molecule has 0 aliphatic carbocycles. The van der Waals surface area contributed by atoms with Crippen molar-refractivity contribution in [2.75, 3.05) is 31.6 Å². The number of piperidine rings is 1. The van der Waals surface area contributed by atoms with Gasteiger partial charge in [0.1, 0.15) is 13.2 Å². The molecule has 0 amide bonds. The number of fused-ring (bicyclic) bond motifs is 2. The van der Waals surface area contributed by atoms with Gasteiger partial charge in [0.05, 0.1) is 11.2 Å². The molecule has 1 aromatic heterocycles. The summed E-state index contributed by atoms with van der Waals surface area (Å²) in [5, 5.41) is 4.66. The SMILES string of the molecule is Cc1ccc(CN2CCC(Nc3nc(C)c4cc(-c5cccc6c5OCCO6)ccc4n3)CC2)cc1. The molecular formula is C30H32N4O2. The van der Waals surface area contributed by atoms with Crippen LogP contribution in [0, 0.1) is 13.8 Å². The van der Waals surface area contributed by atoms with E-state index < -0.39 is 0 Å². The van der Waals surface area contributed by atoms with Crippen LogP contribution < -0.4 is 14.8 Å². The Morgan fingerprint density at radius 1 is 0.917 bits per heavy atom. The first-order chi connectivity index (χ1) is 17.6. The van der Waals surface area contributed by atoms with Crippen molar-refractivity contribution in [3.05, 3.63) is 77.5 Å². The van der Waals surface area contributed by atoms with Gasteiger partial charge in [-0.3, -0.25) is 4.90 Å². The quantitative estimate of drug-likeness (QED) is 0.392. The Bertz CT molecular complexity index is 1380. The fourth-order valence-corrected chi connectivity index (χ4v) is 5.18. The van der Waals surface area contributed by atoms with Crippen molar-refractivity contribution >= 4 is 16.9 Å². The third-order valence-electron chi connectivity index (χ3n) is 7.21. The number of anilines is 1. The summed E-state index contributed by atoms with van der Waals surface area (Å²) in [7, 11) is 0. The predicted molar refractivity (Wildman–Crippen MR) is 144 cm³/mol. The van der Waals surface area contributed by atoms with Gasteiger partial charge < -0.3 is 14.8 Å². The van der Waals surface area contributed by atoms with Crippen LogP contribution in [0.2, 0.25) is 0 Å². The average Bonchev–Trinajstić information content (AvgIpc) is 2.91. The van der Waals surface area contributed by atoms with Gasteiger partial charge in [-0.1, -0.05) is 48.0 Å². The maximum Gasteiger partial charge on any atom is 0.223 e. The largest absolute Gasteiger partial charge is 0.486 e. The van der Waals surface area contributed by atoms with E-state index in [1.807, 2.05) is 12.1 Å². The van der Waals surface area contributed by atoms with Crippen LogP contribution in [0.1, 0.15) is 29.7 Å². The smallest absolute Gasteiger partial charge is 0.223 e. The summed E-state index contributed by atoms with van der Waals surface area (Å²) in [6.07, 6.45) is 2.18. The molecule has 1 N–H and O–H groups in total. The third kappa shape index (κ3) is 4.73. The molecule has 0 saturated carbocycles. The highest BCUT2D eigenvalue weighted by atomic mass is 16.6. The molecule has 1 fully saturated rings. The van der Waals surface area contributed by atoms with E-state index in [9.17, 15) is 0 Å². The summed E-state index contributed by atoms with van der Waals surface area (Å²) in [6, 6.07) is 21.7. The number of likely N-dealkylation sites (tertiary alicyclic amines) is 1. The van der Waals surface area contributed by atoms with Gasteiger partial charge in [-0.2, -0.15) is 0 Å². The highest BCUT2D eigenvalue weighted by Gasteiger charge is 2.21. The second-order valence-corrected chi connectivity index (χ2v) is 9.87. The molecule has 6 heteroatoms. The predicted octanol–water partition coefficient (Wildman–Crippen LogP) is 5.76. The zero-order valence-corrected chi connectivity index (χ0v) is 21.0. The molecule has 0 bridgehead atoms. The molecule has 0 radical (unpaired) electrons. The second-order valence-electron chi connectivity index (χ2n) is 9.87. The van der Waals surface area contributed by atoms with E-state index in [1.165, 1.54) is 11.1 Å². The summed E-state index contributed by atoms with van der Waals surface area (Å²) >= 11 is 0. The molecule has 184 valence electrons. The van der Waals surface area contributed by atoms with Crippen LogP contribution >= 0.6 is 0 Å². The number of aryl methyl sites for hydroxylation is 2. The molecule has 0 spiro atoms. The number of hydrogen-bond acceptors (Lipinski definition) is 6. The van der Waals surface area contributed by atoms with Gasteiger partial charge in [0.2, 0.25) is 5.95 Å². The summed E-state index contributed by atoms with van der Waals surface area (Å²) in [4.78, 5) is 12.2. The molecule has 3 aromatic carbocycles. The van der Waals surface area contributed by atoms with Crippen molar-refractivity contribution in [3.63, 3.8) is 0 Å². The van der Waals surface area contributed by atoms with Gasteiger partial charge in [-0.25, -0.2) is 9.97 Å². The number of aromatic nitrogens is 2. The van der Waals surface area contributed by atoms with Crippen molar-refractivity contribution < 1.29 is 9.47 Å². The first-order valence-electron chi connectivity index (χ1n) is 12.8. The van der Waals surface area contributed by atoms with E-state index in [1.54, 1.807) is 0 Å². The van der Waals surface area contributed by atoms with Crippen LogP contribution in [-0.2, 0) is 6.54 Å². The number of nitrogens with one attached hydrogen (secondary N) is 1. The van der Waals surface area contributed by atoms with E-state index in [-0.39, 0.29) is 0 Å². The minimum Gasteiger partial charge on any atom is -0.486 e. The molecule has 2 aliphatic heterocycles. The Morgan fingerprint density at radius 3 is 2.56 bits per heavy atom. The molecule has 6 nitrogen and oxygen atoms in total. The average molecular weight is 481 g/mol. The lowest BCUT2D eigenvalue weighted by atomic mass is 10.0. The summed E-state index contributed by atoms with van der Waals surface area (Å²) in [5.74, 6) is 2.34. The van der Waals surface area contributed by atoms with Crippen LogP contribution in [-0.4, -0.2) is 47.2 Å². The number of benzene rings is 3. The first kappa shape index (κ1) is 22.8. The Kier molecular flexibility index (Phi) is 6.20. The van der Waals surface area contributed by atoms with Crippen molar-refractivity contribution in [1.29, 1.82) is 0 Å². The van der Waals surface area contributed by atoms with Crippen molar-refractivity contribution in [1.82, 2.24) is 14.9 Å². The van der Waals surface area contributed by atoms with E-state index in [0.29, 0.717) is 19.3 Å². The molecular weight excluding hydrogens is 448 g/mol. The third-order valence-corrected chi connectivity index (χ3v) is 7.21. The molecule has 1 saturated heterocycles. The van der Waals surface area contributed by atoms with Gasteiger partial charge >= 0.3 is 0 Å². The minimum atomic E-state index is 0.392. The molecule has 2 aliphatic rings. The molecule has 4 aromatic rings. The van der Waals surface area contributed by atoms with Crippen molar-refractivity contribution in [3.8, 4) is 22.6 Å². The molecule has 0 unspecified atom stereocenters. The molecule has 36 heavy (non-hydrogen) atoms. The van der Waals surface area contributed by atoms with E-state index in [0.717, 1.165) is 77.6 Å².